The number of nitrogens with zero attached hydrogens (tertiary/aromatic N) is 3. The third-order valence-electron chi connectivity index (χ3n) is 0.445. The minimum atomic E-state index is 0. The summed E-state index contributed by atoms with van der Waals surface area (Å²) in [6, 6.07) is 0. The topological polar surface area (TPSA) is 78.9 Å². The van der Waals surface area contributed by atoms with Crippen LogP contribution in [-0.4, -0.2) is 52.8 Å². The van der Waals surface area contributed by atoms with Gasteiger partial charge in [0.05, 0.1) is 16.5 Å². The maximum absolute atomic E-state index is 9.57. The molecule has 10 heteroatoms. The Kier molecular flexibility index (Phi) is 32.1. The normalized spacial score (nSPS) is 6.38. The molecule has 6 nitrogen and oxygen atoms in total. The molecule has 0 fully saturated rings. The molecule has 0 saturated heterocycles. The predicted octanol–water partition coefficient (Wildman–Crippen LogP) is 1.12. The molecule has 16 heavy (non-hydrogen) atoms. The summed E-state index contributed by atoms with van der Waals surface area (Å²) < 4.78 is 0. The average Bonchev–Trinajstić information content (AvgIpc) is 2.19. The van der Waals surface area contributed by atoms with Crippen molar-refractivity contribution in [2.75, 3.05) is 21.1 Å². The van der Waals surface area contributed by atoms with Crippen LogP contribution >= 0.6 is 36.7 Å². The molecular formula is C6H12FeN3O3S3. The number of rotatable bonds is 3. The Morgan fingerprint density at radius 1 is 0.688 bits per heavy atom. The van der Waals surface area contributed by atoms with Gasteiger partial charge >= 0.3 is 17.1 Å². The summed E-state index contributed by atoms with van der Waals surface area (Å²) in [5.74, 6) is 0. The summed E-state index contributed by atoms with van der Waals surface area (Å²) in [7, 11) is 4.02. The van der Waals surface area contributed by atoms with Crippen LogP contribution in [0.1, 0.15) is 0 Å². The van der Waals surface area contributed by atoms with Crippen LogP contribution in [0.15, 0.2) is 0 Å². The van der Waals surface area contributed by atoms with Crippen molar-refractivity contribution in [2.45, 2.75) is 0 Å². The van der Waals surface area contributed by atoms with E-state index in [9.17, 15) is 15.6 Å². The van der Waals surface area contributed by atoms with Crippen molar-refractivity contribution in [3.8, 4) is 0 Å². The van der Waals surface area contributed by atoms with Crippen LogP contribution in [-0.2, 0) is 17.1 Å². The molecule has 0 heterocycles. The van der Waals surface area contributed by atoms with E-state index in [1.165, 1.54) is 21.1 Å². The first-order valence-corrected chi connectivity index (χ1v) is 4.79. The predicted molar refractivity (Wildman–Crippen MR) is 74.4 cm³/mol. The van der Waals surface area contributed by atoms with Crippen LogP contribution in [0.2, 0.25) is 0 Å². The van der Waals surface area contributed by atoms with Gasteiger partial charge in [0.15, 0.2) is 0 Å². The molecule has 0 bridgehead atoms. The molecule has 0 aromatic heterocycles. The average molecular weight is 326 g/mol. The van der Waals surface area contributed by atoms with Crippen LogP contribution in [0.4, 0.5) is 0 Å². The zero-order valence-electron chi connectivity index (χ0n) is 8.88. The molecule has 0 aliphatic carbocycles. The number of hydrogen-bond acceptors (Lipinski definition) is 6. The molecule has 0 saturated carbocycles. The minimum Gasteiger partial charge on any atom is -0.758 e. The van der Waals surface area contributed by atoms with E-state index in [4.69, 9.17) is 0 Å². The van der Waals surface area contributed by atoms with Crippen molar-refractivity contribution in [3.63, 3.8) is 0 Å². The molecule has 0 aromatic rings. The van der Waals surface area contributed by atoms with E-state index in [0.29, 0.717) is 15.2 Å². The summed E-state index contributed by atoms with van der Waals surface area (Å²) in [5, 5.41) is 30.4. The fourth-order valence-electron chi connectivity index (χ4n) is 0. The van der Waals surface area contributed by atoms with Gasteiger partial charge in [-0.15, -0.1) is 0 Å². The standard InChI is InChI=1S/3C2H4NOS.Fe/c3*1-3(4)2-5;/h3*2H,1H3;/q3*-1;+3. The monoisotopic (exact) mass is 326 g/mol. The van der Waals surface area contributed by atoms with Gasteiger partial charge in [-0.05, 0) is 21.1 Å². The van der Waals surface area contributed by atoms with Crippen molar-refractivity contribution in [3.05, 3.63) is 15.6 Å². The second kappa shape index (κ2) is 20.5. The van der Waals surface area contributed by atoms with Crippen LogP contribution in [0, 0.1) is 15.6 Å². The van der Waals surface area contributed by atoms with Crippen LogP contribution in [0.25, 0.3) is 0 Å². The molecule has 0 aliphatic rings. The fourth-order valence-corrected chi connectivity index (χ4v) is 0. The van der Waals surface area contributed by atoms with Crippen molar-refractivity contribution in [1.82, 2.24) is 15.2 Å². The van der Waals surface area contributed by atoms with Crippen LogP contribution in [0.3, 0.4) is 0 Å². The van der Waals surface area contributed by atoms with Crippen LogP contribution in [0.5, 0.6) is 0 Å². The molecule has 0 spiro atoms. The van der Waals surface area contributed by atoms with Crippen molar-refractivity contribution in [2.24, 2.45) is 0 Å². The molecule has 1 radical (unpaired) electrons. The molecule has 0 unspecified atom stereocenters. The Balaban J connectivity index is -0.0000000655. The van der Waals surface area contributed by atoms with E-state index in [2.05, 4.69) is 36.7 Å². The third-order valence-corrected chi connectivity index (χ3v) is 1.34. The zero-order valence-corrected chi connectivity index (χ0v) is 12.4. The minimum absolute atomic E-state index is 0. The van der Waals surface area contributed by atoms with Gasteiger partial charge < -0.3 is 30.8 Å². The fraction of sp³-hybridized carbons (Fsp3) is 0.500. The summed E-state index contributed by atoms with van der Waals surface area (Å²) in [6.45, 7) is 0. The van der Waals surface area contributed by atoms with E-state index < -0.39 is 0 Å². The molecular weight excluding hydrogens is 314 g/mol. The van der Waals surface area contributed by atoms with Gasteiger partial charge in [-0.2, -0.15) is 0 Å². The Morgan fingerprint density at radius 2 is 0.750 bits per heavy atom. The van der Waals surface area contributed by atoms with E-state index in [1.54, 1.807) is 0 Å². The second-order valence-electron chi connectivity index (χ2n) is 1.95. The van der Waals surface area contributed by atoms with E-state index in [1.807, 2.05) is 0 Å². The quantitative estimate of drug-likeness (QED) is 0.430. The number of thiocarbonyl (C=S) groups is 3. The van der Waals surface area contributed by atoms with Gasteiger partial charge in [-0.25, -0.2) is 0 Å². The zero-order chi connectivity index (χ0) is 12.9. The van der Waals surface area contributed by atoms with Crippen LogP contribution < -0.4 is 0 Å². The van der Waals surface area contributed by atoms with E-state index in [0.717, 1.165) is 16.5 Å². The summed E-state index contributed by atoms with van der Waals surface area (Å²) in [5.41, 5.74) is 3.08. The van der Waals surface area contributed by atoms with Gasteiger partial charge in [-0.1, -0.05) is 36.7 Å². The Labute approximate surface area is 122 Å². The van der Waals surface area contributed by atoms with Crippen molar-refractivity contribution < 1.29 is 17.1 Å². The Hall–Kier alpha value is 0.0695. The van der Waals surface area contributed by atoms with Gasteiger partial charge in [-0.3, -0.25) is 0 Å². The molecule has 0 atom stereocenters. The molecule has 0 N–H and O–H groups in total. The summed E-state index contributed by atoms with van der Waals surface area (Å²) >= 11 is 12.5. The van der Waals surface area contributed by atoms with Gasteiger partial charge in [0.1, 0.15) is 0 Å². The maximum Gasteiger partial charge on any atom is 3.00 e. The second-order valence-corrected chi connectivity index (χ2v) is 2.59. The first-order valence-electron chi connectivity index (χ1n) is 3.37. The first-order chi connectivity index (χ1) is 6.81. The molecule has 95 valence electrons. The number of hydroxylamine groups is 6. The largest absolute Gasteiger partial charge is 3.00 e. The Bertz CT molecular complexity index is 144. The molecule has 0 aliphatic heterocycles. The van der Waals surface area contributed by atoms with Crippen molar-refractivity contribution >= 4 is 53.1 Å². The summed E-state index contributed by atoms with van der Waals surface area (Å²) in [4.78, 5) is 0. The molecule has 0 aromatic carbocycles. The third kappa shape index (κ3) is 65.2. The first kappa shape index (κ1) is 25.1. The van der Waals surface area contributed by atoms with Gasteiger partial charge in [0.25, 0.3) is 0 Å². The van der Waals surface area contributed by atoms with Gasteiger partial charge in [0, 0.05) is 0 Å². The molecule has 0 amide bonds. The van der Waals surface area contributed by atoms with Crippen molar-refractivity contribution in [1.29, 1.82) is 0 Å². The number of hydrogen-bond donors (Lipinski definition) is 0. The Morgan fingerprint density at radius 3 is 0.750 bits per heavy atom. The smallest absolute Gasteiger partial charge is 0.758 e. The maximum atomic E-state index is 9.57. The van der Waals surface area contributed by atoms with Gasteiger partial charge in [0.2, 0.25) is 0 Å². The summed E-state index contributed by atoms with van der Waals surface area (Å²) in [6.07, 6.45) is 0. The SMILES string of the molecule is CN([O-])C=S.CN([O-])C=S.CN([O-])C=S.[Fe+3]. The van der Waals surface area contributed by atoms with E-state index >= 15 is 0 Å². The molecule has 0 rings (SSSR count). The van der Waals surface area contributed by atoms with E-state index in [-0.39, 0.29) is 17.1 Å².